The number of nitrogens with zero attached hydrogens (tertiary/aromatic N) is 5. The van der Waals surface area contributed by atoms with E-state index in [2.05, 4.69) is 21.0 Å². The average molecular weight is 331 g/mol. The molecule has 24 heavy (non-hydrogen) atoms. The number of anilines is 1. The lowest BCUT2D eigenvalue weighted by Gasteiger charge is -2.37. The van der Waals surface area contributed by atoms with E-state index < -0.39 is 6.67 Å². The van der Waals surface area contributed by atoms with Crippen LogP contribution in [0, 0.1) is 12.8 Å². The van der Waals surface area contributed by atoms with E-state index in [-0.39, 0.29) is 17.9 Å². The number of fused-ring (bicyclic) bond motifs is 1. The summed E-state index contributed by atoms with van der Waals surface area (Å²) in [5.41, 5.74) is 1.83. The highest BCUT2D eigenvalue weighted by atomic mass is 19.1. The summed E-state index contributed by atoms with van der Waals surface area (Å²) in [6, 6.07) is 4.20. The van der Waals surface area contributed by atoms with Crippen LogP contribution in [0.15, 0.2) is 18.3 Å². The van der Waals surface area contributed by atoms with Crippen molar-refractivity contribution in [1.29, 1.82) is 0 Å². The molecule has 0 spiro atoms. The second-order valence-corrected chi connectivity index (χ2v) is 6.85. The Labute approximate surface area is 140 Å². The van der Waals surface area contributed by atoms with Gasteiger partial charge < -0.3 is 9.80 Å². The summed E-state index contributed by atoms with van der Waals surface area (Å²) < 4.78 is 14.7. The molecular weight excluding hydrogens is 309 g/mol. The molecule has 4 rings (SSSR count). The number of carbonyl (C=O) groups is 1. The van der Waals surface area contributed by atoms with E-state index in [1.807, 2.05) is 22.4 Å². The van der Waals surface area contributed by atoms with Crippen molar-refractivity contribution >= 4 is 17.4 Å². The summed E-state index contributed by atoms with van der Waals surface area (Å²) in [5, 5.41) is 4.37. The standard InChI is InChI=1S/C17H22FN5O/c1-12-8-16(23-15(20-12)2-5-19-23)21-6-3-14(4-7-21)22-11-13(10-18)9-17(22)24/h2,5,8,13-14H,3-4,6-7,9-11H2,1H3. The molecular formula is C17H22FN5O. The molecule has 1 unspecified atom stereocenters. The molecule has 2 fully saturated rings. The van der Waals surface area contributed by atoms with Gasteiger partial charge in [-0.3, -0.25) is 9.18 Å². The van der Waals surface area contributed by atoms with Gasteiger partial charge in [0.1, 0.15) is 5.82 Å². The Kier molecular flexibility index (Phi) is 3.86. The Hall–Kier alpha value is -2.18. The second-order valence-electron chi connectivity index (χ2n) is 6.85. The zero-order valence-corrected chi connectivity index (χ0v) is 13.9. The van der Waals surface area contributed by atoms with Crippen LogP contribution >= 0.6 is 0 Å². The third-order valence-corrected chi connectivity index (χ3v) is 5.15. The quantitative estimate of drug-likeness (QED) is 0.861. The fourth-order valence-corrected chi connectivity index (χ4v) is 3.92. The van der Waals surface area contributed by atoms with Gasteiger partial charge in [0.05, 0.1) is 12.9 Å². The van der Waals surface area contributed by atoms with Crippen molar-refractivity contribution in [2.24, 2.45) is 5.92 Å². The Morgan fingerprint density at radius 2 is 2.12 bits per heavy atom. The number of piperidine rings is 1. The van der Waals surface area contributed by atoms with Crippen molar-refractivity contribution in [3.8, 4) is 0 Å². The summed E-state index contributed by atoms with van der Waals surface area (Å²) in [6.45, 7) is 3.91. The van der Waals surface area contributed by atoms with Gasteiger partial charge in [-0.1, -0.05) is 0 Å². The number of aryl methyl sites for hydroxylation is 1. The van der Waals surface area contributed by atoms with Crippen LogP contribution in [0.4, 0.5) is 10.2 Å². The van der Waals surface area contributed by atoms with Crippen LogP contribution in [0.2, 0.25) is 0 Å². The molecule has 1 amide bonds. The summed E-state index contributed by atoms with van der Waals surface area (Å²) in [6.07, 6.45) is 3.95. The SMILES string of the molecule is Cc1cc(N2CCC(N3CC(CF)CC3=O)CC2)n2nccc2n1. The number of halogens is 1. The van der Waals surface area contributed by atoms with Gasteiger partial charge in [0.25, 0.3) is 0 Å². The molecule has 0 bridgehead atoms. The monoisotopic (exact) mass is 331 g/mol. The number of carbonyl (C=O) groups excluding carboxylic acids is 1. The summed E-state index contributed by atoms with van der Waals surface area (Å²) in [5.74, 6) is 1.06. The molecule has 4 heterocycles. The average Bonchev–Trinajstić information content (AvgIpc) is 3.20. The van der Waals surface area contributed by atoms with Crippen LogP contribution in [-0.2, 0) is 4.79 Å². The van der Waals surface area contributed by atoms with E-state index in [4.69, 9.17) is 0 Å². The molecule has 0 aromatic carbocycles. The largest absolute Gasteiger partial charge is 0.356 e. The number of rotatable bonds is 3. The van der Waals surface area contributed by atoms with E-state index in [0.29, 0.717) is 13.0 Å². The lowest BCUT2D eigenvalue weighted by Crippen LogP contribution is -2.46. The first-order valence-corrected chi connectivity index (χ1v) is 8.57. The highest BCUT2D eigenvalue weighted by molar-refractivity contribution is 5.79. The molecule has 2 aliphatic rings. The topological polar surface area (TPSA) is 53.7 Å². The minimum atomic E-state index is -0.394. The molecule has 2 saturated heterocycles. The first-order chi connectivity index (χ1) is 11.7. The van der Waals surface area contributed by atoms with Gasteiger partial charge in [-0.2, -0.15) is 9.61 Å². The first kappa shape index (κ1) is 15.4. The third-order valence-electron chi connectivity index (χ3n) is 5.15. The highest BCUT2D eigenvalue weighted by Crippen LogP contribution is 2.28. The maximum absolute atomic E-state index is 12.8. The van der Waals surface area contributed by atoms with Crippen LogP contribution < -0.4 is 4.90 Å². The Bertz CT molecular complexity index is 753. The molecule has 6 nitrogen and oxygen atoms in total. The Balaban J connectivity index is 1.48. The van der Waals surface area contributed by atoms with Gasteiger partial charge in [-0.05, 0) is 19.8 Å². The molecule has 0 N–H and O–H groups in total. The molecule has 0 aliphatic carbocycles. The molecule has 2 aromatic rings. The van der Waals surface area contributed by atoms with Crippen molar-refractivity contribution in [2.45, 2.75) is 32.2 Å². The van der Waals surface area contributed by atoms with Crippen LogP contribution in [0.5, 0.6) is 0 Å². The second kappa shape index (κ2) is 6.03. The molecule has 0 saturated carbocycles. The van der Waals surface area contributed by atoms with Crippen molar-refractivity contribution in [1.82, 2.24) is 19.5 Å². The molecule has 1 atom stereocenters. The van der Waals surface area contributed by atoms with Gasteiger partial charge >= 0.3 is 0 Å². The van der Waals surface area contributed by atoms with Gasteiger partial charge in [-0.15, -0.1) is 0 Å². The minimum Gasteiger partial charge on any atom is -0.356 e. The van der Waals surface area contributed by atoms with Gasteiger partial charge in [0.2, 0.25) is 5.91 Å². The van der Waals surface area contributed by atoms with E-state index in [1.54, 1.807) is 6.20 Å². The molecule has 7 heteroatoms. The Morgan fingerprint density at radius 1 is 1.33 bits per heavy atom. The maximum Gasteiger partial charge on any atom is 0.223 e. The first-order valence-electron chi connectivity index (χ1n) is 8.57. The summed E-state index contributed by atoms with van der Waals surface area (Å²) >= 11 is 0. The van der Waals surface area contributed by atoms with E-state index in [1.165, 1.54) is 0 Å². The number of hydrogen-bond acceptors (Lipinski definition) is 4. The van der Waals surface area contributed by atoms with Crippen molar-refractivity contribution in [3.63, 3.8) is 0 Å². The minimum absolute atomic E-state index is 0.109. The number of amides is 1. The number of hydrogen-bond donors (Lipinski definition) is 0. The van der Waals surface area contributed by atoms with Crippen molar-refractivity contribution < 1.29 is 9.18 Å². The van der Waals surface area contributed by atoms with Crippen LogP contribution in [0.3, 0.4) is 0 Å². The lowest BCUT2D eigenvalue weighted by molar-refractivity contribution is -0.130. The highest BCUT2D eigenvalue weighted by Gasteiger charge is 2.36. The third kappa shape index (κ3) is 2.61. The molecule has 2 aliphatic heterocycles. The van der Waals surface area contributed by atoms with Crippen LogP contribution in [0.25, 0.3) is 5.65 Å². The number of likely N-dealkylation sites (tertiary alicyclic amines) is 1. The van der Waals surface area contributed by atoms with Crippen molar-refractivity contribution in [2.75, 3.05) is 31.2 Å². The van der Waals surface area contributed by atoms with Gasteiger partial charge in [-0.25, -0.2) is 4.98 Å². The zero-order chi connectivity index (χ0) is 16.7. The van der Waals surface area contributed by atoms with E-state index in [0.717, 1.165) is 43.1 Å². The van der Waals surface area contributed by atoms with E-state index >= 15 is 0 Å². The summed E-state index contributed by atoms with van der Waals surface area (Å²) in [4.78, 5) is 20.8. The van der Waals surface area contributed by atoms with Crippen molar-refractivity contribution in [3.05, 3.63) is 24.0 Å². The number of alkyl halides is 1. The predicted octanol–water partition coefficient (Wildman–Crippen LogP) is 1.82. The lowest BCUT2D eigenvalue weighted by atomic mass is 10.0. The van der Waals surface area contributed by atoms with E-state index in [9.17, 15) is 9.18 Å². The maximum atomic E-state index is 12.8. The smallest absolute Gasteiger partial charge is 0.223 e. The van der Waals surface area contributed by atoms with Crippen LogP contribution in [0.1, 0.15) is 25.0 Å². The fourth-order valence-electron chi connectivity index (χ4n) is 3.92. The van der Waals surface area contributed by atoms with Crippen LogP contribution in [-0.4, -0.2) is 57.8 Å². The van der Waals surface area contributed by atoms with Gasteiger partial charge in [0, 0.05) is 55.8 Å². The molecule has 128 valence electrons. The number of aromatic nitrogens is 3. The predicted molar refractivity (Wildman–Crippen MR) is 88.8 cm³/mol. The molecule has 2 aromatic heterocycles. The van der Waals surface area contributed by atoms with Gasteiger partial charge in [0.15, 0.2) is 5.65 Å². The molecule has 0 radical (unpaired) electrons. The summed E-state index contributed by atoms with van der Waals surface area (Å²) in [7, 11) is 0. The Morgan fingerprint density at radius 3 is 2.83 bits per heavy atom. The zero-order valence-electron chi connectivity index (χ0n) is 13.9. The normalized spacial score (nSPS) is 22.8. The fraction of sp³-hybridized carbons (Fsp3) is 0.588.